The van der Waals surface area contributed by atoms with Crippen molar-refractivity contribution in [1.82, 2.24) is 0 Å². The molecule has 1 aromatic carbocycles. The van der Waals surface area contributed by atoms with Crippen molar-refractivity contribution >= 4 is 23.4 Å². The van der Waals surface area contributed by atoms with Crippen molar-refractivity contribution in [2.75, 3.05) is 19.4 Å². The molecular formula is C9H11ClO2S. The van der Waals surface area contributed by atoms with Gasteiger partial charge in [-0.1, -0.05) is 0 Å². The van der Waals surface area contributed by atoms with E-state index in [9.17, 15) is 0 Å². The van der Waals surface area contributed by atoms with Crippen LogP contribution in [0.2, 0.25) is 0 Å². The van der Waals surface area contributed by atoms with E-state index in [1.807, 2.05) is 18.2 Å². The number of alkyl halides is 1. The fourth-order valence-corrected chi connectivity index (χ4v) is 1.83. The molecule has 1 rings (SSSR count). The van der Waals surface area contributed by atoms with Crippen LogP contribution in [0.5, 0.6) is 11.5 Å². The molecule has 1 aromatic rings. The standard InChI is InChI=1S/C9H11ClO2S/c1-11-8-4-3-7(13-6-10)5-9(8)12-2/h3-5H,6H2,1-2H3. The molecule has 0 aliphatic rings. The lowest BCUT2D eigenvalue weighted by atomic mass is 10.3. The van der Waals surface area contributed by atoms with Crippen LogP contribution < -0.4 is 9.47 Å². The minimum Gasteiger partial charge on any atom is -0.493 e. The average Bonchev–Trinajstić information content (AvgIpc) is 2.18. The van der Waals surface area contributed by atoms with Gasteiger partial charge in [0.05, 0.1) is 19.4 Å². The Labute approximate surface area is 87.2 Å². The van der Waals surface area contributed by atoms with E-state index in [0.717, 1.165) is 16.4 Å². The number of methoxy groups -OCH3 is 2. The normalized spacial score (nSPS) is 9.77. The van der Waals surface area contributed by atoms with E-state index in [1.54, 1.807) is 26.0 Å². The minimum atomic E-state index is 0.537. The molecule has 0 atom stereocenters. The highest BCUT2D eigenvalue weighted by Crippen LogP contribution is 2.31. The lowest BCUT2D eigenvalue weighted by Gasteiger charge is -2.08. The van der Waals surface area contributed by atoms with Crippen LogP contribution in [0.25, 0.3) is 0 Å². The molecule has 0 spiro atoms. The second kappa shape index (κ2) is 5.25. The van der Waals surface area contributed by atoms with E-state index in [-0.39, 0.29) is 0 Å². The van der Waals surface area contributed by atoms with Crippen LogP contribution >= 0.6 is 23.4 Å². The largest absolute Gasteiger partial charge is 0.493 e. The highest BCUT2D eigenvalue weighted by Gasteiger charge is 2.03. The van der Waals surface area contributed by atoms with Crippen molar-refractivity contribution in [3.63, 3.8) is 0 Å². The molecule has 2 nitrogen and oxygen atoms in total. The Morgan fingerprint density at radius 2 is 1.92 bits per heavy atom. The van der Waals surface area contributed by atoms with Crippen molar-refractivity contribution in [2.45, 2.75) is 4.90 Å². The predicted molar refractivity (Wildman–Crippen MR) is 56.1 cm³/mol. The summed E-state index contributed by atoms with van der Waals surface area (Å²) in [4.78, 5) is 1.08. The Kier molecular flexibility index (Phi) is 4.25. The van der Waals surface area contributed by atoms with E-state index in [1.165, 1.54) is 0 Å². The summed E-state index contributed by atoms with van der Waals surface area (Å²) < 4.78 is 10.2. The van der Waals surface area contributed by atoms with Crippen LogP contribution in [0.1, 0.15) is 0 Å². The maximum atomic E-state index is 5.60. The van der Waals surface area contributed by atoms with Crippen molar-refractivity contribution in [1.29, 1.82) is 0 Å². The lowest BCUT2D eigenvalue weighted by molar-refractivity contribution is 0.354. The van der Waals surface area contributed by atoms with Gasteiger partial charge in [0.15, 0.2) is 11.5 Å². The van der Waals surface area contributed by atoms with Gasteiger partial charge in [-0.15, -0.1) is 23.4 Å². The van der Waals surface area contributed by atoms with Gasteiger partial charge in [0.1, 0.15) is 0 Å². The Balaban J connectivity index is 2.91. The zero-order valence-corrected chi connectivity index (χ0v) is 9.11. The molecule has 0 amide bonds. The van der Waals surface area contributed by atoms with Gasteiger partial charge in [-0.05, 0) is 18.2 Å². The lowest BCUT2D eigenvalue weighted by Crippen LogP contribution is -1.90. The molecule has 0 unspecified atom stereocenters. The highest BCUT2D eigenvalue weighted by atomic mass is 35.5. The quantitative estimate of drug-likeness (QED) is 0.572. The van der Waals surface area contributed by atoms with E-state index in [0.29, 0.717) is 5.21 Å². The van der Waals surface area contributed by atoms with Gasteiger partial charge >= 0.3 is 0 Å². The molecule has 0 N–H and O–H groups in total. The number of thioether (sulfide) groups is 1. The molecule has 0 saturated heterocycles. The number of hydrogen-bond donors (Lipinski definition) is 0. The smallest absolute Gasteiger partial charge is 0.161 e. The molecule has 4 heteroatoms. The Morgan fingerprint density at radius 3 is 2.46 bits per heavy atom. The first-order chi connectivity index (χ1) is 6.31. The first-order valence-corrected chi connectivity index (χ1v) is 5.24. The first-order valence-electron chi connectivity index (χ1n) is 3.72. The SMILES string of the molecule is COc1ccc(SCCl)cc1OC. The second-order valence-electron chi connectivity index (χ2n) is 2.27. The topological polar surface area (TPSA) is 18.5 Å². The third kappa shape index (κ3) is 2.71. The highest BCUT2D eigenvalue weighted by molar-refractivity contribution is 8.00. The van der Waals surface area contributed by atoms with Crippen LogP contribution in [0, 0.1) is 0 Å². The zero-order valence-electron chi connectivity index (χ0n) is 7.54. The number of halogens is 1. The summed E-state index contributed by atoms with van der Waals surface area (Å²) in [5.74, 6) is 1.47. The van der Waals surface area contributed by atoms with Crippen LogP contribution in [0.3, 0.4) is 0 Å². The second-order valence-corrected chi connectivity index (χ2v) is 3.90. The number of ether oxygens (including phenoxy) is 2. The monoisotopic (exact) mass is 218 g/mol. The van der Waals surface area contributed by atoms with Gasteiger partial charge in [0.25, 0.3) is 0 Å². The first kappa shape index (κ1) is 10.5. The Morgan fingerprint density at radius 1 is 1.23 bits per heavy atom. The van der Waals surface area contributed by atoms with Crippen molar-refractivity contribution in [3.05, 3.63) is 18.2 Å². The summed E-state index contributed by atoms with van der Waals surface area (Å²) in [5, 5.41) is 0.537. The third-order valence-electron chi connectivity index (χ3n) is 1.58. The molecule has 0 aliphatic heterocycles. The van der Waals surface area contributed by atoms with Crippen LogP contribution in [0.4, 0.5) is 0 Å². The van der Waals surface area contributed by atoms with Gasteiger partial charge in [-0.3, -0.25) is 0 Å². The van der Waals surface area contributed by atoms with Gasteiger partial charge in [0.2, 0.25) is 0 Å². The molecule has 0 aliphatic carbocycles. The van der Waals surface area contributed by atoms with E-state index in [4.69, 9.17) is 21.1 Å². The van der Waals surface area contributed by atoms with Crippen molar-refractivity contribution in [3.8, 4) is 11.5 Å². The summed E-state index contributed by atoms with van der Waals surface area (Å²) in [7, 11) is 3.24. The fourth-order valence-electron chi connectivity index (χ4n) is 0.969. The predicted octanol–water partition coefficient (Wildman–Crippen LogP) is 2.99. The summed E-state index contributed by atoms with van der Waals surface area (Å²) >= 11 is 7.15. The molecule has 0 heterocycles. The summed E-state index contributed by atoms with van der Waals surface area (Å²) in [6.07, 6.45) is 0. The molecular weight excluding hydrogens is 208 g/mol. The van der Waals surface area contributed by atoms with Gasteiger partial charge in [0, 0.05) is 4.90 Å². The van der Waals surface area contributed by atoms with E-state index >= 15 is 0 Å². The molecule has 0 bridgehead atoms. The van der Waals surface area contributed by atoms with Gasteiger partial charge in [-0.2, -0.15) is 0 Å². The third-order valence-corrected chi connectivity index (χ3v) is 2.60. The zero-order chi connectivity index (χ0) is 9.68. The van der Waals surface area contributed by atoms with Crippen molar-refractivity contribution < 1.29 is 9.47 Å². The molecule has 72 valence electrons. The maximum Gasteiger partial charge on any atom is 0.161 e. The fraction of sp³-hybridized carbons (Fsp3) is 0.333. The van der Waals surface area contributed by atoms with Gasteiger partial charge in [-0.25, -0.2) is 0 Å². The van der Waals surface area contributed by atoms with E-state index in [2.05, 4.69) is 0 Å². The van der Waals surface area contributed by atoms with Gasteiger partial charge < -0.3 is 9.47 Å². The molecule has 13 heavy (non-hydrogen) atoms. The maximum absolute atomic E-state index is 5.60. The summed E-state index contributed by atoms with van der Waals surface area (Å²) in [5.41, 5.74) is 0. The van der Waals surface area contributed by atoms with Crippen LogP contribution in [-0.4, -0.2) is 19.4 Å². The number of benzene rings is 1. The Hall–Kier alpha value is -0.540. The molecule has 0 aromatic heterocycles. The molecule has 0 saturated carbocycles. The molecule has 0 radical (unpaired) electrons. The number of rotatable bonds is 4. The number of hydrogen-bond acceptors (Lipinski definition) is 3. The van der Waals surface area contributed by atoms with E-state index < -0.39 is 0 Å². The Bertz CT molecular complexity index is 278. The van der Waals surface area contributed by atoms with Crippen LogP contribution in [0.15, 0.2) is 23.1 Å². The molecule has 0 fully saturated rings. The minimum absolute atomic E-state index is 0.537. The summed E-state index contributed by atoms with van der Waals surface area (Å²) in [6.45, 7) is 0. The van der Waals surface area contributed by atoms with Crippen molar-refractivity contribution in [2.24, 2.45) is 0 Å². The van der Waals surface area contributed by atoms with Crippen LogP contribution in [-0.2, 0) is 0 Å². The summed E-state index contributed by atoms with van der Waals surface area (Å²) in [6, 6.07) is 5.73. The average molecular weight is 219 g/mol.